The molecule has 0 aliphatic carbocycles. The highest BCUT2D eigenvalue weighted by Gasteiger charge is 2.25. The molecule has 0 unspecified atom stereocenters. The van der Waals surface area contributed by atoms with Gasteiger partial charge in [0.05, 0.1) is 12.6 Å². The van der Waals surface area contributed by atoms with Gasteiger partial charge < -0.3 is 24.2 Å². The maximum atomic E-state index is 11.9. The predicted octanol–water partition coefficient (Wildman–Crippen LogP) is 4.17. The molecule has 2 saturated heterocycles. The van der Waals surface area contributed by atoms with Gasteiger partial charge in [0.25, 0.3) is 0 Å². The van der Waals surface area contributed by atoms with Crippen molar-refractivity contribution in [3.63, 3.8) is 0 Å². The largest absolute Gasteiger partial charge is 0.493 e. The number of anilines is 2. The molecule has 1 aromatic heterocycles. The van der Waals surface area contributed by atoms with E-state index in [0.29, 0.717) is 24.6 Å². The number of methoxy groups -OCH3 is 1. The second kappa shape index (κ2) is 10.6. The Morgan fingerprint density at radius 3 is 2.47 bits per heavy atom. The molecule has 1 amide bonds. The number of hydrogen-bond donors (Lipinski definition) is 0. The van der Waals surface area contributed by atoms with Gasteiger partial charge in [-0.1, -0.05) is 24.2 Å². The number of benzene rings is 2. The summed E-state index contributed by atoms with van der Waals surface area (Å²) in [5.74, 6) is 2.17. The highest BCUT2D eigenvalue weighted by atomic mass is 35.5. The van der Waals surface area contributed by atoms with Crippen LogP contribution in [0.1, 0.15) is 12.8 Å². The van der Waals surface area contributed by atoms with E-state index in [1.165, 1.54) is 6.08 Å². The zero-order valence-electron chi connectivity index (χ0n) is 20.4. The highest BCUT2D eigenvalue weighted by molar-refractivity contribution is 6.30. The molecule has 3 heterocycles. The molecule has 0 atom stereocenters. The monoisotopic (exact) mass is 507 g/mol. The van der Waals surface area contributed by atoms with Crippen LogP contribution in [0.3, 0.4) is 0 Å². The number of amides is 1. The van der Waals surface area contributed by atoms with Crippen molar-refractivity contribution in [1.82, 2.24) is 14.9 Å². The summed E-state index contributed by atoms with van der Waals surface area (Å²) in [5.41, 5.74) is 1.95. The number of hydrogen-bond acceptors (Lipinski definition) is 7. The van der Waals surface area contributed by atoms with Gasteiger partial charge in [0.15, 0.2) is 11.5 Å². The molecule has 2 fully saturated rings. The first-order valence-electron chi connectivity index (χ1n) is 12.2. The van der Waals surface area contributed by atoms with Crippen molar-refractivity contribution in [2.45, 2.75) is 18.9 Å². The van der Waals surface area contributed by atoms with Crippen LogP contribution in [0.25, 0.3) is 10.9 Å². The minimum Gasteiger partial charge on any atom is -0.493 e. The number of fused-ring (bicyclic) bond motifs is 1. The zero-order chi connectivity index (χ0) is 25.1. The Bertz CT molecular complexity index is 1250. The van der Waals surface area contributed by atoms with Crippen LogP contribution < -0.4 is 19.3 Å². The van der Waals surface area contributed by atoms with Crippen molar-refractivity contribution in [2.75, 3.05) is 56.2 Å². The lowest BCUT2D eigenvalue weighted by Crippen LogP contribution is -2.46. The van der Waals surface area contributed by atoms with Gasteiger partial charge in [0, 0.05) is 74.3 Å². The summed E-state index contributed by atoms with van der Waals surface area (Å²) in [6.07, 6.45) is 4.48. The molecular weight excluding hydrogens is 478 g/mol. The predicted molar refractivity (Wildman–Crippen MR) is 142 cm³/mol. The number of carbonyl (C=O) groups excluding carboxylic acids is 1. The summed E-state index contributed by atoms with van der Waals surface area (Å²) in [6.45, 7) is 8.28. The van der Waals surface area contributed by atoms with Crippen LogP contribution in [-0.2, 0) is 4.79 Å². The fourth-order valence-corrected chi connectivity index (χ4v) is 5.09. The molecule has 0 spiro atoms. The Balaban J connectivity index is 1.34. The number of ether oxygens (including phenoxy) is 2. The topological polar surface area (TPSA) is 71.0 Å². The van der Waals surface area contributed by atoms with Crippen LogP contribution in [0, 0.1) is 0 Å². The van der Waals surface area contributed by atoms with Gasteiger partial charge in [0.1, 0.15) is 18.2 Å². The Hall–Kier alpha value is -3.52. The van der Waals surface area contributed by atoms with E-state index in [1.54, 1.807) is 18.3 Å². The summed E-state index contributed by atoms with van der Waals surface area (Å²) in [6, 6.07) is 11.9. The van der Waals surface area contributed by atoms with Crippen molar-refractivity contribution in [2.24, 2.45) is 0 Å². The van der Waals surface area contributed by atoms with Gasteiger partial charge in [-0.25, -0.2) is 9.97 Å². The smallest absolute Gasteiger partial charge is 0.245 e. The van der Waals surface area contributed by atoms with E-state index in [1.807, 2.05) is 30.3 Å². The molecule has 2 aliphatic rings. The van der Waals surface area contributed by atoms with Crippen LogP contribution in [0.2, 0.25) is 5.02 Å². The maximum absolute atomic E-state index is 11.9. The summed E-state index contributed by atoms with van der Waals surface area (Å²) >= 11 is 6.19. The van der Waals surface area contributed by atoms with Crippen molar-refractivity contribution >= 4 is 39.9 Å². The van der Waals surface area contributed by atoms with E-state index >= 15 is 0 Å². The fraction of sp³-hybridized carbons (Fsp3) is 0.370. The van der Waals surface area contributed by atoms with Gasteiger partial charge >= 0.3 is 0 Å². The molecule has 0 radical (unpaired) electrons. The van der Waals surface area contributed by atoms with Gasteiger partial charge in [0.2, 0.25) is 5.91 Å². The first-order chi connectivity index (χ1) is 17.6. The Morgan fingerprint density at radius 1 is 1.03 bits per heavy atom. The number of aromatic nitrogens is 2. The molecule has 8 nitrogen and oxygen atoms in total. The first-order valence-corrected chi connectivity index (χ1v) is 12.6. The molecule has 188 valence electrons. The lowest BCUT2D eigenvalue weighted by atomic mass is 10.1. The number of piperidine rings is 1. The highest BCUT2D eigenvalue weighted by Crippen LogP contribution is 2.37. The van der Waals surface area contributed by atoms with E-state index in [4.69, 9.17) is 21.1 Å². The van der Waals surface area contributed by atoms with Crippen molar-refractivity contribution in [1.29, 1.82) is 0 Å². The second-order valence-electron chi connectivity index (χ2n) is 9.02. The minimum atomic E-state index is -0.0333. The lowest BCUT2D eigenvalue weighted by molar-refractivity contribution is -0.127. The average molecular weight is 508 g/mol. The van der Waals surface area contributed by atoms with Crippen LogP contribution in [0.15, 0.2) is 55.4 Å². The molecule has 0 bridgehead atoms. The Kier molecular flexibility index (Phi) is 7.13. The molecule has 2 aromatic carbocycles. The van der Waals surface area contributed by atoms with Crippen LogP contribution in [0.4, 0.5) is 11.5 Å². The van der Waals surface area contributed by atoms with Gasteiger partial charge in [-0.15, -0.1) is 0 Å². The van der Waals surface area contributed by atoms with E-state index < -0.39 is 0 Å². The minimum absolute atomic E-state index is 0.000428. The zero-order valence-corrected chi connectivity index (χ0v) is 21.2. The third-order valence-electron chi connectivity index (χ3n) is 6.87. The molecule has 0 N–H and O–H groups in total. The number of halogens is 1. The number of piperazine rings is 1. The molecule has 2 aliphatic heterocycles. The Morgan fingerprint density at radius 2 is 1.78 bits per heavy atom. The number of carbonyl (C=O) groups is 1. The summed E-state index contributed by atoms with van der Waals surface area (Å²) < 4.78 is 12.0. The molecule has 5 rings (SSSR count). The van der Waals surface area contributed by atoms with Crippen molar-refractivity contribution in [3.05, 3.63) is 60.4 Å². The van der Waals surface area contributed by atoms with Crippen LogP contribution in [-0.4, -0.2) is 73.3 Å². The van der Waals surface area contributed by atoms with E-state index in [9.17, 15) is 4.79 Å². The van der Waals surface area contributed by atoms with Crippen molar-refractivity contribution < 1.29 is 14.3 Å². The Labute approximate surface area is 216 Å². The summed E-state index contributed by atoms with van der Waals surface area (Å²) in [5, 5.41) is 1.68. The van der Waals surface area contributed by atoms with Gasteiger partial charge in [-0.3, -0.25) is 4.79 Å². The second-order valence-corrected chi connectivity index (χ2v) is 9.45. The first kappa shape index (κ1) is 24.2. The third kappa shape index (κ3) is 5.04. The quantitative estimate of drug-likeness (QED) is 0.464. The van der Waals surface area contributed by atoms with Gasteiger partial charge in [-0.2, -0.15) is 0 Å². The maximum Gasteiger partial charge on any atom is 0.245 e. The summed E-state index contributed by atoms with van der Waals surface area (Å²) in [7, 11) is 1.64. The molecule has 36 heavy (non-hydrogen) atoms. The number of rotatable bonds is 6. The molecule has 3 aromatic rings. The van der Waals surface area contributed by atoms with Crippen LogP contribution in [0.5, 0.6) is 11.5 Å². The summed E-state index contributed by atoms with van der Waals surface area (Å²) in [4.78, 5) is 27.5. The normalized spacial score (nSPS) is 16.8. The third-order valence-corrected chi connectivity index (χ3v) is 7.11. The van der Waals surface area contributed by atoms with E-state index in [-0.39, 0.29) is 12.0 Å². The number of likely N-dealkylation sites (tertiary alicyclic amines) is 1. The van der Waals surface area contributed by atoms with Gasteiger partial charge in [-0.05, 0) is 30.3 Å². The van der Waals surface area contributed by atoms with Crippen LogP contribution >= 0.6 is 11.6 Å². The van der Waals surface area contributed by atoms with Crippen molar-refractivity contribution in [3.8, 4) is 11.5 Å². The molecule has 0 saturated carbocycles. The lowest BCUT2D eigenvalue weighted by Gasteiger charge is -2.37. The van der Waals surface area contributed by atoms with E-state index in [2.05, 4.69) is 32.4 Å². The number of nitrogens with zero attached hydrogens (tertiary/aromatic N) is 5. The molecular formula is C27H30ClN5O3. The SMILES string of the molecule is C=CC(=O)N1CCC(Oc2cc3c(N4CCN(c5cccc(Cl)c5)CC4)ncnc3cc2OC)CC1. The standard InChI is InChI=1S/C27H30ClN5O3/c1-3-26(34)32-9-7-21(8-10-32)36-25-16-22-23(17-24(25)35-2)29-18-30-27(22)33-13-11-31(12-14-33)20-6-4-5-19(28)15-20/h3-6,15-18,21H,1,7-14H2,2H3. The fourth-order valence-electron chi connectivity index (χ4n) is 4.91. The van der Waals surface area contributed by atoms with E-state index in [0.717, 1.165) is 66.5 Å². The average Bonchev–Trinajstić information content (AvgIpc) is 2.92. The molecule has 9 heteroatoms.